The summed E-state index contributed by atoms with van der Waals surface area (Å²) in [6.07, 6.45) is -9.75. The number of aliphatic hydroxyl groups is 2. The molecule has 3 aliphatic heterocycles. The van der Waals surface area contributed by atoms with E-state index in [1.54, 1.807) is 0 Å². The third-order valence-electron chi connectivity index (χ3n) is 7.15. The van der Waals surface area contributed by atoms with Crippen LogP contribution in [-0.4, -0.2) is 104 Å². The fraction of sp³-hybridized carbons (Fsp3) is 0.476. The number of rotatable bonds is 2. The normalized spacial score (nSPS) is 38.3. The maximum atomic E-state index is 13.2. The molecule has 3 fully saturated rings. The number of nitrogen functional groups attached to an aromatic ring is 2. The molecule has 0 radical (unpaired) electrons. The summed E-state index contributed by atoms with van der Waals surface area (Å²) in [7, 11) is -9.48. The van der Waals surface area contributed by atoms with Gasteiger partial charge in [-0.05, 0) is 6.07 Å². The van der Waals surface area contributed by atoms with E-state index in [0.29, 0.717) is 11.2 Å². The molecule has 3 aliphatic rings. The second-order valence-corrected chi connectivity index (χ2v) is 13.6. The number of hydrogen-bond acceptors (Lipinski definition) is 17. The Morgan fingerprint density at radius 2 is 1.30 bits per heavy atom. The number of nitrogens with two attached hydrogens (primary N) is 2. The summed E-state index contributed by atoms with van der Waals surface area (Å²) < 4.78 is 62.0. The number of nitrogens with zero attached hydrogens (tertiary/aromatic N) is 7. The second kappa shape index (κ2) is 10.7. The van der Waals surface area contributed by atoms with Crippen molar-refractivity contribution < 1.29 is 57.1 Å². The van der Waals surface area contributed by atoms with Gasteiger partial charge in [0.05, 0.1) is 18.3 Å². The Morgan fingerprint density at radius 1 is 0.773 bits per heavy atom. The zero-order valence-electron chi connectivity index (χ0n) is 22.2. The molecule has 4 aromatic rings. The quantitative estimate of drug-likeness (QED) is 0.140. The predicted octanol–water partition coefficient (Wildman–Crippen LogP) is -1.03. The molecule has 21 nitrogen and oxygen atoms in total. The molecule has 8 N–H and O–H groups in total. The first-order valence-electron chi connectivity index (χ1n) is 12.8. The van der Waals surface area contributed by atoms with Gasteiger partial charge in [0.2, 0.25) is 0 Å². The molecule has 10 atom stereocenters. The van der Waals surface area contributed by atoms with Gasteiger partial charge in [-0.1, -0.05) is 0 Å². The number of aromatic nitrogens is 7. The van der Waals surface area contributed by atoms with Gasteiger partial charge in [-0.3, -0.25) is 27.3 Å². The van der Waals surface area contributed by atoms with Gasteiger partial charge in [-0.15, -0.1) is 0 Å². The summed E-state index contributed by atoms with van der Waals surface area (Å²) in [5, 5.41) is 22.2. The van der Waals surface area contributed by atoms with E-state index in [-0.39, 0.29) is 22.6 Å². The summed E-state index contributed by atoms with van der Waals surface area (Å²) in [4.78, 5) is 41.8. The van der Waals surface area contributed by atoms with Crippen LogP contribution in [0.5, 0.6) is 0 Å². The number of anilines is 2. The number of aliphatic hydroxyl groups excluding tert-OH is 2. The molecule has 4 unspecified atom stereocenters. The Morgan fingerprint density at radius 3 is 1.86 bits per heavy atom. The van der Waals surface area contributed by atoms with Crippen LogP contribution in [-0.2, 0) is 37.1 Å². The first-order chi connectivity index (χ1) is 20.9. The van der Waals surface area contributed by atoms with E-state index < -0.39 is 77.3 Å². The van der Waals surface area contributed by atoms with Gasteiger partial charge < -0.3 is 50.4 Å². The fourth-order valence-electron chi connectivity index (χ4n) is 5.16. The smallest absolute Gasteiger partial charge is 0.354 e. The number of hydrogen-bond donors (Lipinski definition) is 6. The molecule has 0 amide bonds. The van der Waals surface area contributed by atoms with Crippen molar-refractivity contribution in [2.24, 2.45) is 0 Å². The van der Waals surface area contributed by atoms with Crippen molar-refractivity contribution in [2.75, 3.05) is 24.2 Å². The lowest BCUT2D eigenvalue weighted by Crippen LogP contribution is -2.38. The first kappa shape index (κ1) is 29.5. The number of imidazole rings is 2. The van der Waals surface area contributed by atoms with Gasteiger partial charge in [-0.25, -0.2) is 24.9 Å². The van der Waals surface area contributed by atoms with Crippen LogP contribution in [0.2, 0.25) is 0 Å². The summed E-state index contributed by atoms with van der Waals surface area (Å²) in [6, 6.07) is 1.52. The maximum Gasteiger partial charge on any atom is 0.354 e. The molecular weight excluding hydrogens is 632 g/mol. The zero-order valence-corrected chi connectivity index (χ0v) is 23.9. The highest BCUT2D eigenvalue weighted by molar-refractivity contribution is 7.52. The van der Waals surface area contributed by atoms with Crippen LogP contribution >= 0.6 is 15.2 Å². The molecule has 0 saturated carbocycles. The average Bonchev–Trinajstić information content (AvgIpc) is 3.73. The topological polar surface area (TPSA) is 297 Å². The van der Waals surface area contributed by atoms with E-state index in [2.05, 4.69) is 24.9 Å². The lowest BCUT2D eigenvalue weighted by Gasteiger charge is -2.28. The van der Waals surface area contributed by atoms with Crippen molar-refractivity contribution in [1.29, 1.82) is 0 Å². The van der Waals surface area contributed by atoms with Crippen molar-refractivity contribution in [2.45, 2.75) is 49.5 Å². The van der Waals surface area contributed by atoms with Crippen molar-refractivity contribution in [1.82, 2.24) is 34.1 Å². The SMILES string of the molecule is Nc1ccnc2c1ncn2[C@@H]1O[C@@H]2OCP(=O)(O)O[C@@H]3C(O)[C@H](n4cnc5c(N)ncnc54)O[C@@H]3OCP(=O)(O)O[C@@H]2C1O. The molecule has 7 heterocycles. The van der Waals surface area contributed by atoms with Crippen molar-refractivity contribution in [3.8, 4) is 0 Å². The predicted molar refractivity (Wildman–Crippen MR) is 143 cm³/mol. The Balaban J connectivity index is 1.17. The minimum Gasteiger partial charge on any atom is -0.397 e. The number of fused-ring (bicyclic) bond motifs is 4. The van der Waals surface area contributed by atoms with Crippen LogP contribution in [0.3, 0.4) is 0 Å². The molecule has 0 spiro atoms. The van der Waals surface area contributed by atoms with Gasteiger partial charge in [0, 0.05) is 6.20 Å². The van der Waals surface area contributed by atoms with E-state index in [1.807, 2.05) is 0 Å². The largest absolute Gasteiger partial charge is 0.397 e. The number of pyridine rings is 1. The monoisotopic (exact) mass is 657 g/mol. The lowest BCUT2D eigenvalue weighted by molar-refractivity contribution is -0.178. The lowest BCUT2D eigenvalue weighted by atomic mass is 10.2. The van der Waals surface area contributed by atoms with Crippen LogP contribution < -0.4 is 11.5 Å². The zero-order chi connectivity index (χ0) is 31.0. The third kappa shape index (κ3) is 5.06. The molecule has 3 saturated heterocycles. The van der Waals surface area contributed by atoms with Gasteiger partial charge in [0.25, 0.3) is 0 Å². The van der Waals surface area contributed by atoms with E-state index in [1.165, 1.54) is 34.1 Å². The molecule has 0 aliphatic carbocycles. The average molecular weight is 657 g/mol. The summed E-state index contributed by atoms with van der Waals surface area (Å²) >= 11 is 0. The Labute approximate surface area is 245 Å². The van der Waals surface area contributed by atoms with Crippen LogP contribution in [0.15, 0.2) is 31.2 Å². The van der Waals surface area contributed by atoms with Crippen molar-refractivity contribution in [3.63, 3.8) is 0 Å². The van der Waals surface area contributed by atoms with Gasteiger partial charge >= 0.3 is 15.2 Å². The van der Waals surface area contributed by atoms with E-state index >= 15 is 0 Å². The van der Waals surface area contributed by atoms with Crippen molar-refractivity contribution >= 4 is 49.0 Å². The molecule has 23 heteroatoms. The Hall–Kier alpha value is -3.17. The standard InChI is InChI=1S/C21H25N9O12P2/c22-8-1-2-24-16-9(8)27-4-29(16)18-11(31)13-20(39-18)37-6-44(35,36)42-14-12(32)19(40-21(14)38-7-43(33,34)41-13)30-5-28-10-15(23)25-3-26-17(10)30/h1-5,11-14,18-21,31-32H,6-7H2,(H2,22,24)(H,33,34)(H,35,36)(H2,23,25,26)/t11?,12?,13-,14-,18-,19-,20+,21+/m1/s1. The van der Waals surface area contributed by atoms with Gasteiger partial charge in [0.15, 0.2) is 54.8 Å². The van der Waals surface area contributed by atoms with Crippen LogP contribution in [0.25, 0.3) is 22.3 Å². The second-order valence-electron chi connectivity index (χ2n) is 10.1. The molecule has 4 aromatic heterocycles. The van der Waals surface area contributed by atoms with Crippen LogP contribution in [0.4, 0.5) is 11.5 Å². The maximum absolute atomic E-state index is 13.2. The van der Waals surface area contributed by atoms with E-state index in [4.69, 9.17) is 39.5 Å². The summed E-state index contributed by atoms with van der Waals surface area (Å²) in [6.45, 7) is 0. The van der Waals surface area contributed by atoms with Gasteiger partial charge in [0.1, 0.15) is 41.8 Å². The third-order valence-corrected chi connectivity index (χ3v) is 9.24. The Kier molecular flexibility index (Phi) is 7.20. The van der Waals surface area contributed by atoms with Crippen molar-refractivity contribution in [3.05, 3.63) is 31.2 Å². The van der Waals surface area contributed by atoms with E-state index in [9.17, 15) is 29.1 Å². The minimum atomic E-state index is -4.74. The molecule has 0 bridgehead atoms. The molecule has 7 rings (SSSR count). The molecule has 236 valence electrons. The molecule has 44 heavy (non-hydrogen) atoms. The molecular formula is C21H25N9O12P2. The fourth-order valence-corrected chi connectivity index (χ4v) is 7.16. The van der Waals surface area contributed by atoms with Crippen LogP contribution in [0.1, 0.15) is 12.5 Å². The molecule has 0 aromatic carbocycles. The highest BCUT2D eigenvalue weighted by Gasteiger charge is 2.54. The van der Waals surface area contributed by atoms with E-state index in [0.717, 1.165) is 6.33 Å². The Bertz CT molecular complexity index is 1690. The minimum absolute atomic E-state index is 0.0504. The number of ether oxygens (including phenoxy) is 4. The summed E-state index contributed by atoms with van der Waals surface area (Å²) in [5.74, 6) is 0.0504. The highest BCUT2D eigenvalue weighted by Crippen LogP contribution is 2.53. The highest BCUT2D eigenvalue weighted by atomic mass is 31.2. The first-order valence-corrected chi connectivity index (χ1v) is 16.4. The van der Waals surface area contributed by atoms with Crippen LogP contribution in [0, 0.1) is 0 Å². The van der Waals surface area contributed by atoms with Gasteiger partial charge in [-0.2, -0.15) is 0 Å². The summed E-state index contributed by atoms with van der Waals surface area (Å²) in [5.41, 5.74) is 12.9.